The lowest BCUT2D eigenvalue weighted by Crippen LogP contribution is -2.31. The predicted molar refractivity (Wildman–Crippen MR) is 250 cm³/mol. The van der Waals surface area contributed by atoms with Crippen molar-refractivity contribution >= 4 is 61.4 Å². The molecule has 4 heteroatoms. The molecule has 9 aromatic carbocycles. The summed E-state index contributed by atoms with van der Waals surface area (Å²) in [5.74, 6) is 0. The average molecular weight is 785 g/mol. The number of pyridine rings is 1. The number of hydrogen-bond acceptors (Lipinski definition) is 2. The molecule has 2 aromatic heterocycles. The van der Waals surface area contributed by atoms with Crippen molar-refractivity contribution in [3.05, 3.63) is 247 Å². The van der Waals surface area contributed by atoms with Gasteiger partial charge in [-0.25, -0.2) is 4.98 Å². The van der Waals surface area contributed by atoms with Gasteiger partial charge in [-0.1, -0.05) is 194 Å². The molecule has 0 bridgehead atoms. The zero-order chi connectivity index (χ0) is 39.8. The highest BCUT2D eigenvalue weighted by Crippen LogP contribution is 2.58. The summed E-state index contributed by atoms with van der Waals surface area (Å²) in [5.41, 5.74) is 12.7. The monoisotopic (exact) mass is 784 g/mol. The summed E-state index contributed by atoms with van der Waals surface area (Å²) >= 11 is 0. The molecule has 0 unspecified atom stereocenters. The Hall–Kier alpha value is -7.32. The van der Waals surface area contributed by atoms with E-state index in [0.29, 0.717) is 0 Å². The quantitative estimate of drug-likeness (QED) is 0.124. The van der Waals surface area contributed by atoms with Crippen LogP contribution in [0, 0.1) is 0 Å². The van der Waals surface area contributed by atoms with E-state index in [0.717, 1.165) is 76.9 Å². The van der Waals surface area contributed by atoms with E-state index in [1.165, 1.54) is 21.9 Å². The molecule has 0 fully saturated rings. The number of rotatable bonds is 6. The van der Waals surface area contributed by atoms with E-state index < -0.39 is 12.6 Å². The molecule has 0 radical (unpaired) electrons. The molecule has 3 nitrogen and oxygen atoms in total. The number of para-hydroxylation sites is 2. The van der Waals surface area contributed by atoms with Gasteiger partial charge in [0.1, 0.15) is 5.65 Å². The minimum absolute atomic E-state index is 0.696. The number of benzene rings is 9. The van der Waals surface area contributed by atoms with Crippen LogP contribution in [0.25, 0.3) is 60.6 Å². The fourth-order valence-electron chi connectivity index (χ4n) is 10.1. The molecule has 1 aliphatic carbocycles. The fraction of sp³-hybridized carbons (Fsp3) is 0.0179. The smallest absolute Gasteiger partial charge is 0.171 e. The first-order valence-electron chi connectivity index (χ1n) is 20.5. The van der Waals surface area contributed by atoms with Crippen LogP contribution in [-0.2, 0) is 9.98 Å². The molecule has 12 rings (SSSR count). The van der Waals surface area contributed by atoms with Crippen molar-refractivity contribution in [2.75, 3.05) is 0 Å². The first-order valence-corrected chi connectivity index (χ1v) is 22.2. The molecule has 0 amide bonds. The maximum atomic E-state index is 16.0. The Labute approximate surface area is 348 Å². The molecule has 0 saturated heterocycles. The van der Waals surface area contributed by atoms with Crippen LogP contribution >= 0.6 is 7.14 Å². The Balaban J connectivity index is 1.13. The van der Waals surface area contributed by atoms with E-state index in [2.05, 4.69) is 168 Å². The van der Waals surface area contributed by atoms with Crippen LogP contribution < -0.4 is 15.9 Å². The minimum Gasteiger partial charge on any atom is -0.309 e. The molecule has 0 aliphatic heterocycles. The van der Waals surface area contributed by atoms with Crippen LogP contribution in [0.5, 0.6) is 0 Å². The van der Waals surface area contributed by atoms with Gasteiger partial charge < -0.3 is 4.57 Å². The molecule has 0 atom stereocenters. The molecule has 0 spiro atoms. The Bertz CT molecular complexity index is 3420. The van der Waals surface area contributed by atoms with Crippen molar-refractivity contribution in [1.82, 2.24) is 9.38 Å². The van der Waals surface area contributed by atoms with Crippen LogP contribution in [0.4, 0.5) is 0 Å². The van der Waals surface area contributed by atoms with E-state index >= 15 is 4.57 Å². The maximum absolute atomic E-state index is 16.0. The molecule has 0 saturated carbocycles. The zero-order valence-electron chi connectivity index (χ0n) is 32.6. The van der Waals surface area contributed by atoms with Gasteiger partial charge in [-0.3, -0.25) is 4.40 Å². The number of imidazole rings is 1. The van der Waals surface area contributed by atoms with E-state index in [9.17, 15) is 0 Å². The van der Waals surface area contributed by atoms with Crippen LogP contribution in [0.15, 0.2) is 224 Å². The Kier molecular flexibility index (Phi) is 7.73. The second-order valence-corrected chi connectivity index (χ2v) is 18.6. The van der Waals surface area contributed by atoms with Crippen molar-refractivity contribution in [3.63, 3.8) is 0 Å². The van der Waals surface area contributed by atoms with Crippen LogP contribution in [0.3, 0.4) is 0 Å². The van der Waals surface area contributed by atoms with Gasteiger partial charge in [-0.15, -0.1) is 0 Å². The second-order valence-electron chi connectivity index (χ2n) is 15.8. The Morgan fingerprint density at radius 3 is 1.58 bits per heavy atom. The lowest BCUT2D eigenvalue weighted by molar-refractivity contribution is 0.592. The third-order valence-corrected chi connectivity index (χ3v) is 15.8. The van der Waals surface area contributed by atoms with Crippen molar-refractivity contribution in [1.29, 1.82) is 0 Å². The third-order valence-electron chi connectivity index (χ3n) is 12.7. The van der Waals surface area contributed by atoms with Crippen LogP contribution in [-0.4, -0.2) is 9.38 Å². The van der Waals surface area contributed by atoms with Gasteiger partial charge in [0, 0.05) is 26.7 Å². The molecular weight excluding hydrogens is 748 g/mol. The number of aromatic nitrogens is 2. The minimum atomic E-state index is -3.28. The summed E-state index contributed by atoms with van der Waals surface area (Å²) in [7, 11) is -3.28. The van der Waals surface area contributed by atoms with Gasteiger partial charge >= 0.3 is 0 Å². The fourth-order valence-corrected chi connectivity index (χ4v) is 12.7. The molecule has 282 valence electrons. The summed E-state index contributed by atoms with van der Waals surface area (Å²) in [5, 5.41) is 5.99. The normalized spacial score (nSPS) is 13.2. The largest absolute Gasteiger partial charge is 0.309 e. The van der Waals surface area contributed by atoms with Crippen molar-refractivity contribution in [2.24, 2.45) is 0 Å². The van der Waals surface area contributed by atoms with Crippen molar-refractivity contribution < 1.29 is 4.57 Å². The summed E-state index contributed by atoms with van der Waals surface area (Å²) in [4.78, 5) is 5.16. The second kappa shape index (κ2) is 13.4. The molecule has 0 N–H and O–H groups in total. The number of hydrogen-bond donors (Lipinski definition) is 0. The summed E-state index contributed by atoms with van der Waals surface area (Å²) < 4.78 is 18.3. The number of fused-ring (bicyclic) bond motifs is 11. The van der Waals surface area contributed by atoms with Gasteiger partial charge in [0.25, 0.3) is 0 Å². The van der Waals surface area contributed by atoms with Gasteiger partial charge in [0.05, 0.1) is 22.0 Å². The van der Waals surface area contributed by atoms with Gasteiger partial charge in [-0.2, -0.15) is 0 Å². The zero-order valence-corrected chi connectivity index (χ0v) is 33.5. The third kappa shape index (κ3) is 4.91. The van der Waals surface area contributed by atoms with Gasteiger partial charge in [-0.05, 0) is 80.2 Å². The molecule has 60 heavy (non-hydrogen) atoms. The predicted octanol–water partition coefficient (Wildman–Crippen LogP) is 12.5. The van der Waals surface area contributed by atoms with Crippen molar-refractivity contribution in [3.8, 4) is 22.3 Å². The standard InChI is InChI=1S/C56H37N2OP/c59-60(42-21-9-3-10-22-42,43-23-11-4-12-24-43)44-31-34-47-46-32-29-38(35-50(46)56(51(47)37-44,40-17-5-1-6-18-40)41-19-7-2-8-20-41)39-30-33-48-45-25-13-14-26-49(45)55-57-52-27-15-16-28-53(52)58(55)54(48)36-39/h1-37H. The van der Waals surface area contributed by atoms with E-state index in [4.69, 9.17) is 4.98 Å². The summed E-state index contributed by atoms with van der Waals surface area (Å²) in [6.45, 7) is 0. The van der Waals surface area contributed by atoms with Crippen LogP contribution in [0.1, 0.15) is 22.3 Å². The Morgan fingerprint density at radius 1 is 0.400 bits per heavy atom. The van der Waals surface area contributed by atoms with E-state index in [-0.39, 0.29) is 0 Å². The molecule has 11 aromatic rings. The summed E-state index contributed by atoms with van der Waals surface area (Å²) in [6, 6.07) is 79.2. The summed E-state index contributed by atoms with van der Waals surface area (Å²) in [6.07, 6.45) is 0. The molecule has 2 heterocycles. The lowest BCUT2D eigenvalue weighted by Gasteiger charge is -2.34. The SMILES string of the molecule is O=P(c1ccccc1)(c1ccccc1)c1ccc2c(c1)C(c1ccccc1)(c1ccccc1)c1cc(-c3ccc4c5ccccc5c5nc6ccccc6n5c4c3)ccc1-2. The highest BCUT2D eigenvalue weighted by atomic mass is 31.2. The molecule has 1 aliphatic rings. The van der Waals surface area contributed by atoms with Gasteiger partial charge in [0.2, 0.25) is 0 Å². The van der Waals surface area contributed by atoms with Crippen LogP contribution in [0.2, 0.25) is 0 Å². The molecular formula is C56H37N2OP. The first-order chi connectivity index (χ1) is 29.6. The Morgan fingerprint density at radius 2 is 0.917 bits per heavy atom. The van der Waals surface area contributed by atoms with E-state index in [1.807, 2.05) is 60.7 Å². The average Bonchev–Trinajstić information content (AvgIpc) is 3.87. The lowest BCUT2D eigenvalue weighted by atomic mass is 9.67. The van der Waals surface area contributed by atoms with Crippen molar-refractivity contribution in [2.45, 2.75) is 5.41 Å². The highest BCUT2D eigenvalue weighted by Gasteiger charge is 2.47. The highest BCUT2D eigenvalue weighted by molar-refractivity contribution is 7.85. The van der Waals surface area contributed by atoms with Gasteiger partial charge in [0.15, 0.2) is 7.14 Å². The maximum Gasteiger partial charge on any atom is 0.171 e. The number of nitrogens with zero attached hydrogens (tertiary/aromatic N) is 2. The first kappa shape index (κ1) is 34.7. The topological polar surface area (TPSA) is 34.4 Å². The van der Waals surface area contributed by atoms with E-state index in [1.54, 1.807) is 0 Å².